The lowest BCUT2D eigenvalue weighted by atomic mass is 9.93. The first-order chi connectivity index (χ1) is 11.6. The Hall–Kier alpha value is -2.57. The summed E-state index contributed by atoms with van der Waals surface area (Å²) in [5, 5.41) is 2.90. The number of nitrogens with one attached hydrogen (secondary N) is 1. The summed E-state index contributed by atoms with van der Waals surface area (Å²) >= 11 is 0. The van der Waals surface area contributed by atoms with Crippen LogP contribution in [0.1, 0.15) is 36.3 Å². The molecule has 0 radical (unpaired) electrons. The Labute approximate surface area is 138 Å². The zero-order valence-corrected chi connectivity index (χ0v) is 12.9. The molecule has 3 rings (SSSR count). The normalized spacial score (nSPS) is 20.4. The fourth-order valence-electron chi connectivity index (χ4n) is 2.78. The predicted molar refractivity (Wildman–Crippen MR) is 82.5 cm³/mol. The molecule has 0 aliphatic heterocycles. The third kappa shape index (κ3) is 4.24. The maximum atomic E-state index is 13.2. The first-order valence-corrected chi connectivity index (χ1v) is 7.81. The maximum Gasteiger partial charge on any atom is 0.289 e. The molecule has 0 spiro atoms. The van der Waals surface area contributed by atoms with Gasteiger partial charge in [0.05, 0.1) is 6.10 Å². The number of ether oxygens (including phenoxy) is 1. The van der Waals surface area contributed by atoms with Crippen molar-refractivity contribution in [3.63, 3.8) is 0 Å². The molecule has 2 aromatic rings. The molecule has 7 heteroatoms. The van der Waals surface area contributed by atoms with Gasteiger partial charge in [-0.1, -0.05) is 0 Å². The summed E-state index contributed by atoms with van der Waals surface area (Å²) in [5.41, 5.74) is 0. The van der Waals surface area contributed by atoms with Gasteiger partial charge in [-0.25, -0.2) is 18.7 Å². The second kappa shape index (κ2) is 7.33. The second-order valence-electron chi connectivity index (χ2n) is 5.74. The average molecular weight is 333 g/mol. The van der Waals surface area contributed by atoms with Crippen LogP contribution in [0.3, 0.4) is 0 Å². The molecule has 1 aliphatic carbocycles. The Bertz CT molecular complexity index is 684. The Morgan fingerprint density at radius 1 is 1.04 bits per heavy atom. The zero-order chi connectivity index (χ0) is 16.9. The molecule has 1 amide bonds. The highest BCUT2D eigenvalue weighted by Crippen LogP contribution is 2.25. The molecule has 1 aromatic heterocycles. The van der Waals surface area contributed by atoms with Crippen molar-refractivity contribution < 1.29 is 18.3 Å². The minimum absolute atomic E-state index is 0.0189. The van der Waals surface area contributed by atoms with Crippen molar-refractivity contribution in [3.8, 4) is 5.75 Å². The zero-order valence-electron chi connectivity index (χ0n) is 12.9. The van der Waals surface area contributed by atoms with E-state index in [-0.39, 0.29) is 29.6 Å². The Balaban J connectivity index is 1.50. The van der Waals surface area contributed by atoms with E-state index in [1.807, 2.05) is 0 Å². The standard InChI is InChI=1S/C17H17F2N3O2/c18-11-8-12(19)10-15(9-11)24-14-4-2-13(3-5-14)22-17(23)16-20-6-1-7-21-16/h1,6-10,13-14H,2-5H2,(H,22,23). The monoisotopic (exact) mass is 333 g/mol. The topological polar surface area (TPSA) is 64.1 Å². The van der Waals surface area contributed by atoms with Gasteiger partial charge in [-0.2, -0.15) is 0 Å². The summed E-state index contributed by atoms with van der Waals surface area (Å²) < 4.78 is 32.0. The molecule has 0 bridgehead atoms. The third-order valence-electron chi connectivity index (χ3n) is 3.92. The summed E-state index contributed by atoms with van der Waals surface area (Å²) in [6.45, 7) is 0. The lowest BCUT2D eigenvalue weighted by molar-refractivity contribution is 0.0883. The highest BCUT2D eigenvalue weighted by atomic mass is 19.1. The van der Waals surface area contributed by atoms with Crippen molar-refractivity contribution >= 4 is 5.91 Å². The van der Waals surface area contributed by atoms with Crippen LogP contribution in [0.4, 0.5) is 8.78 Å². The molecule has 5 nitrogen and oxygen atoms in total. The molecule has 0 atom stereocenters. The van der Waals surface area contributed by atoms with E-state index >= 15 is 0 Å². The number of carbonyl (C=O) groups is 1. The van der Waals surface area contributed by atoms with E-state index in [1.54, 1.807) is 6.07 Å². The van der Waals surface area contributed by atoms with Crippen LogP contribution in [-0.2, 0) is 0 Å². The number of hydrogen-bond acceptors (Lipinski definition) is 4. The van der Waals surface area contributed by atoms with Crippen molar-refractivity contribution in [2.24, 2.45) is 0 Å². The lowest BCUT2D eigenvalue weighted by Gasteiger charge is -2.29. The van der Waals surface area contributed by atoms with Crippen LogP contribution in [0.15, 0.2) is 36.7 Å². The number of halogens is 2. The summed E-state index contributed by atoms with van der Waals surface area (Å²) in [5.74, 6) is -1.28. The van der Waals surface area contributed by atoms with Crippen LogP contribution >= 0.6 is 0 Å². The number of aromatic nitrogens is 2. The van der Waals surface area contributed by atoms with Crippen LogP contribution in [0.25, 0.3) is 0 Å². The number of amides is 1. The van der Waals surface area contributed by atoms with Crippen molar-refractivity contribution in [1.29, 1.82) is 0 Å². The van der Waals surface area contributed by atoms with E-state index in [0.29, 0.717) is 12.8 Å². The fraction of sp³-hybridized carbons (Fsp3) is 0.353. The van der Waals surface area contributed by atoms with Crippen molar-refractivity contribution in [1.82, 2.24) is 15.3 Å². The molecule has 1 saturated carbocycles. The number of benzene rings is 1. The highest BCUT2D eigenvalue weighted by molar-refractivity contribution is 5.90. The number of nitrogens with zero attached hydrogens (tertiary/aromatic N) is 2. The lowest BCUT2D eigenvalue weighted by Crippen LogP contribution is -2.40. The summed E-state index contributed by atoms with van der Waals surface area (Å²) in [6, 6.07) is 4.82. The van der Waals surface area contributed by atoms with Gasteiger partial charge in [-0.15, -0.1) is 0 Å². The first kappa shape index (κ1) is 16.3. The second-order valence-corrected chi connectivity index (χ2v) is 5.74. The number of carbonyl (C=O) groups excluding carboxylic acids is 1. The van der Waals surface area contributed by atoms with Gasteiger partial charge in [-0.3, -0.25) is 4.79 Å². The molecule has 1 N–H and O–H groups in total. The summed E-state index contributed by atoms with van der Waals surface area (Å²) in [4.78, 5) is 19.8. The molecule has 1 heterocycles. The van der Waals surface area contributed by atoms with E-state index < -0.39 is 11.6 Å². The van der Waals surface area contributed by atoms with Crippen LogP contribution in [0.2, 0.25) is 0 Å². The van der Waals surface area contributed by atoms with Gasteiger partial charge in [0, 0.05) is 36.6 Å². The van der Waals surface area contributed by atoms with E-state index in [0.717, 1.165) is 18.9 Å². The molecule has 24 heavy (non-hydrogen) atoms. The molecule has 1 fully saturated rings. The smallest absolute Gasteiger partial charge is 0.289 e. The SMILES string of the molecule is O=C(NC1CCC(Oc2cc(F)cc(F)c2)CC1)c1ncccn1. The minimum Gasteiger partial charge on any atom is -0.490 e. The molecule has 126 valence electrons. The van der Waals surface area contributed by atoms with Gasteiger partial charge < -0.3 is 10.1 Å². The quantitative estimate of drug-likeness (QED) is 0.934. The van der Waals surface area contributed by atoms with Crippen LogP contribution in [-0.4, -0.2) is 28.0 Å². The van der Waals surface area contributed by atoms with Crippen molar-refractivity contribution in [2.45, 2.75) is 37.8 Å². The van der Waals surface area contributed by atoms with E-state index in [9.17, 15) is 13.6 Å². The van der Waals surface area contributed by atoms with Gasteiger partial charge in [0.2, 0.25) is 5.82 Å². The van der Waals surface area contributed by atoms with E-state index in [1.165, 1.54) is 24.5 Å². The van der Waals surface area contributed by atoms with E-state index in [4.69, 9.17) is 4.74 Å². The molecule has 0 unspecified atom stereocenters. The largest absolute Gasteiger partial charge is 0.490 e. The minimum atomic E-state index is -0.659. The predicted octanol–water partition coefficient (Wildman–Crippen LogP) is 2.87. The summed E-state index contributed by atoms with van der Waals surface area (Å²) in [7, 11) is 0. The average Bonchev–Trinajstić information content (AvgIpc) is 2.56. The molecule has 1 aliphatic rings. The van der Waals surface area contributed by atoms with Crippen molar-refractivity contribution in [2.75, 3.05) is 0 Å². The van der Waals surface area contributed by atoms with Crippen LogP contribution in [0, 0.1) is 11.6 Å². The van der Waals surface area contributed by atoms with Gasteiger partial charge in [0.1, 0.15) is 17.4 Å². The van der Waals surface area contributed by atoms with Gasteiger partial charge in [-0.05, 0) is 31.7 Å². The van der Waals surface area contributed by atoms with E-state index in [2.05, 4.69) is 15.3 Å². The Kier molecular flexibility index (Phi) is 4.98. The maximum absolute atomic E-state index is 13.2. The molecular weight excluding hydrogens is 316 g/mol. The third-order valence-corrected chi connectivity index (χ3v) is 3.92. The van der Waals surface area contributed by atoms with Crippen LogP contribution < -0.4 is 10.1 Å². The fourth-order valence-corrected chi connectivity index (χ4v) is 2.78. The van der Waals surface area contributed by atoms with Gasteiger partial charge in [0.15, 0.2) is 0 Å². The summed E-state index contributed by atoms with van der Waals surface area (Å²) in [6.07, 6.45) is 5.75. The van der Waals surface area contributed by atoms with Crippen LogP contribution in [0.5, 0.6) is 5.75 Å². The first-order valence-electron chi connectivity index (χ1n) is 7.81. The van der Waals surface area contributed by atoms with Crippen molar-refractivity contribution in [3.05, 3.63) is 54.1 Å². The van der Waals surface area contributed by atoms with Gasteiger partial charge in [0.25, 0.3) is 5.91 Å². The number of hydrogen-bond donors (Lipinski definition) is 1. The molecule has 1 aromatic carbocycles. The number of rotatable bonds is 4. The Morgan fingerprint density at radius 2 is 1.67 bits per heavy atom. The molecular formula is C17H17F2N3O2. The highest BCUT2D eigenvalue weighted by Gasteiger charge is 2.24. The molecule has 0 saturated heterocycles. The van der Waals surface area contributed by atoms with Gasteiger partial charge >= 0.3 is 0 Å². The Morgan fingerprint density at radius 3 is 2.29 bits per heavy atom.